The van der Waals surface area contributed by atoms with Crippen molar-refractivity contribution in [2.45, 2.75) is 18.7 Å². The van der Waals surface area contributed by atoms with Gasteiger partial charge < -0.3 is 5.11 Å². The van der Waals surface area contributed by atoms with E-state index in [9.17, 15) is 22.0 Å². The molecule has 1 heterocycles. The van der Waals surface area contributed by atoms with Gasteiger partial charge in [0.2, 0.25) is 0 Å². The van der Waals surface area contributed by atoms with Crippen molar-refractivity contribution in [3.63, 3.8) is 0 Å². The second-order valence-corrected chi connectivity index (χ2v) is 3.23. The molecule has 0 bridgehead atoms. The first-order chi connectivity index (χ1) is 6.29. The van der Waals surface area contributed by atoms with Crippen molar-refractivity contribution in [3.05, 3.63) is 16.1 Å². The van der Waals surface area contributed by atoms with Crippen LogP contribution in [0, 0.1) is 0 Å². The fraction of sp³-hybridized carbons (Fsp3) is 0.500. The number of rotatable bonds is 2. The van der Waals surface area contributed by atoms with Crippen molar-refractivity contribution in [3.8, 4) is 0 Å². The fourth-order valence-electron chi connectivity index (χ4n) is 0.645. The monoisotopic (exact) mass is 233 g/mol. The Kier molecular flexibility index (Phi) is 2.77. The Labute approximate surface area is 79.0 Å². The third-order valence-electron chi connectivity index (χ3n) is 1.34. The lowest BCUT2D eigenvalue weighted by atomic mass is 10.3. The summed E-state index contributed by atoms with van der Waals surface area (Å²) in [5, 5.41) is 8.04. The highest BCUT2D eigenvalue weighted by molar-refractivity contribution is 7.09. The van der Waals surface area contributed by atoms with E-state index in [1.165, 1.54) is 0 Å². The Morgan fingerprint density at radius 2 is 1.86 bits per heavy atom. The molecule has 80 valence electrons. The largest absolute Gasteiger partial charge is 0.460 e. The number of alkyl halides is 5. The number of thiazole rings is 1. The standard InChI is InChI=1S/C6H4F5NOS/c7-5(8,6(9,10)11)4-12-3(1-13)2-14-4/h2,13H,1H2. The molecule has 8 heteroatoms. The zero-order valence-corrected chi connectivity index (χ0v) is 7.29. The summed E-state index contributed by atoms with van der Waals surface area (Å²) < 4.78 is 60.5. The number of aliphatic hydroxyl groups is 1. The highest BCUT2D eigenvalue weighted by Crippen LogP contribution is 2.44. The number of hydrogen-bond acceptors (Lipinski definition) is 3. The zero-order valence-electron chi connectivity index (χ0n) is 6.48. The van der Waals surface area contributed by atoms with Gasteiger partial charge in [-0.2, -0.15) is 22.0 Å². The van der Waals surface area contributed by atoms with Crippen molar-refractivity contribution in [2.24, 2.45) is 0 Å². The van der Waals surface area contributed by atoms with Crippen LogP contribution in [0.25, 0.3) is 0 Å². The van der Waals surface area contributed by atoms with Crippen LogP contribution < -0.4 is 0 Å². The van der Waals surface area contributed by atoms with Crippen LogP contribution in [0.5, 0.6) is 0 Å². The van der Waals surface area contributed by atoms with Crippen LogP contribution in [0.3, 0.4) is 0 Å². The van der Waals surface area contributed by atoms with Crippen molar-refractivity contribution in [1.82, 2.24) is 4.98 Å². The van der Waals surface area contributed by atoms with Gasteiger partial charge in [0.1, 0.15) is 0 Å². The van der Waals surface area contributed by atoms with E-state index >= 15 is 0 Å². The highest BCUT2D eigenvalue weighted by Gasteiger charge is 2.60. The van der Waals surface area contributed by atoms with E-state index in [0.717, 1.165) is 5.38 Å². The van der Waals surface area contributed by atoms with Gasteiger partial charge >= 0.3 is 12.1 Å². The van der Waals surface area contributed by atoms with Gasteiger partial charge in [-0.05, 0) is 0 Å². The number of nitrogens with zero attached hydrogens (tertiary/aromatic N) is 1. The molecule has 0 aliphatic rings. The Bertz CT molecular complexity index is 320. The van der Waals surface area contributed by atoms with Crippen molar-refractivity contribution >= 4 is 11.3 Å². The van der Waals surface area contributed by atoms with Crippen LogP contribution in [0.4, 0.5) is 22.0 Å². The molecule has 0 radical (unpaired) electrons. The first-order valence-electron chi connectivity index (χ1n) is 3.29. The molecule has 0 atom stereocenters. The van der Waals surface area contributed by atoms with E-state index in [1.807, 2.05) is 0 Å². The smallest absolute Gasteiger partial charge is 0.390 e. The number of aliphatic hydroxyl groups excluding tert-OH is 1. The van der Waals surface area contributed by atoms with Crippen LogP contribution in [0.2, 0.25) is 0 Å². The summed E-state index contributed by atoms with van der Waals surface area (Å²) in [4.78, 5) is 2.97. The molecule has 14 heavy (non-hydrogen) atoms. The molecular formula is C6H4F5NOS. The maximum Gasteiger partial charge on any atom is 0.460 e. The molecule has 0 fully saturated rings. The average molecular weight is 233 g/mol. The third-order valence-corrected chi connectivity index (χ3v) is 2.30. The van der Waals surface area contributed by atoms with E-state index in [4.69, 9.17) is 5.11 Å². The summed E-state index contributed by atoms with van der Waals surface area (Å²) in [6.45, 7) is -0.662. The molecule has 0 spiro atoms. The number of aromatic nitrogens is 1. The molecule has 1 rings (SSSR count). The third kappa shape index (κ3) is 1.85. The quantitative estimate of drug-likeness (QED) is 0.795. The number of hydrogen-bond donors (Lipinski definition) is 1. The van der Waals surface area contributed by atoms with Crippen LogP contribution in [0.15, 0.2) is 5.38 Å². The van der Waals surface area contributed by atoms with E-state index in [0.29, 0.717) is 0 Å². The van der Waals surface area contributed by atoms with Crippen LogP contribution >= 0.6 is 11.3 Å². The lowest BCUT2D eigenvalue weighted by Gasteiger charge is -2.16. The Balaban J connectivity index is 3.04. The van der Waals surface area contributed by atoms with E-state index in [-0.39, 0.29) is 17.0 Å². The summed E-state index contributed by atoms with van der Waals surface area (Å²) in [6.07, 6.45) is -5.66. The summed E-state index contributed by atoms with van der Waals surface area (Å²) in [5.41, 5.74) is -0.200. The molecular weight excluding hydrogens is 229 g/mol. The van der Waals surface area contributed by atoms with Crippen LogP contribution in [-0.4, -0.2) is 16.3 Å². The lowest BCUT2D eigenvalue weighted by molar-refractivity contribution is -0.289. The molecule has 1 aromatic heterocycles. The number of halogens is 5. The Morgan fingerprint density at radius 1 is 1.29 bits per heavy atom. The van der Waals surface area contributed by atoms with Gasteiger partial charge in [0, 0.05) is 5.38 Å². The van der Waals surface area contributed by atoms with Gasteiger partial charge in [0.15, 0.2) is 5.01 Å². The molecule has 0 aliphatic heterocycles. The predicted octanol–water partition coefficient (Wildman–Crippen LogP) is 2.29. The summed E-state index contributed by atoms with van der Waals surface area (Å²) >= 11 is 0.167. The first-order valence-corrected chi connectivity index (χ1v) is 4.17. The topological polar surface area (TPSA) is 33.1 Å². The maximum absolute atomic E-state index is 12.6. The van der Waals surface area contributed by atoms with Gasteiger partial charge in [-0.3, -0.25) is 0 Å². The maximum atomic E-state index is 12.6. The van der Waals surface area contributed by atoms with E-state index in [1.54, 1.807) is 0 Å². The minimum atomic E-state index is -5.66. The lowest BCUT2D eigenvalue weighted by Crippen LogP contribution is -2.33. The second-order valence-electron chi connectivity index (χ2n) is 2.37. The first kappa shape index (κ1) is 11.3. The summed E-state index contributed by atoms with van der Waals surface area (Å²) in [6, 6.07) is 0. The van der Waals surface area contributed by atoms with Crippen molar-refractivity contribution in [2.75, 3.05) is 0 Å². The normalized spacial score (nSPS) is 13.3. The molecule has 1 N–H and O–H groups in total. The molecule has 1 aromatic rings. The Hall–Kier alpha value is -0.760. The average Bonchev–Trinajstić information content (AvgIpc) is 2.49. The minimum Gasteiger partial charge on any atom is -0.390 e. The Morgan fingerprint density at radius 3 is 2.21 bits per heavy atom. The van der Waals surface area contributed by atoms with Gasteiger partial charge in [0.25, 0.3) is 0 Å². The second kappa shape index (κ2) is 3.43. The fourth-order valence-corrected chi connectivity index (χ4v) is 1.45. The molecule has 0 aromatic carbocycles. The van der Waals surface area contributed by atoms with Gasteiger partial charge in [-0.25, -0.2) is 4.98 Å². The van der Waals surface area contributed by atoms with Crippen LogP contribution in [-0.2, 0) is 12.5 Å². The molecule has 0 saturated carbocycles. The SMILES string of the molecule is OCc1csc(C(F)(F)C(F)(F)F)n1. The molecule has 2 nitrogen and oxygen atoms in total. The van der Waals surface area contributed by atoms with Crippen molar-refractivity contribution < 1.29 is 27.1 Å². The molecule has 0 saturated heterocycles. The molecule has 0 amide bonds. The van der Waals surface area contributed by atoms with Gasteiger partial charge in [-0.1, -0.05) is 0 Å². The van der Waals surface area contributed by atoms with Crippen LogP contribution in [0.1, 0.15) is 10.7 Å². The minimum absolute atomic E-state index is 0.167. The zero-order chi connectivity index (χ0) is 11.0. The molecule has 0 aliphatic carbocycles. The predicted molar refractivity (Wildman–Crippen MR) is 38.0 cm³/mol. The van der Waals surface area contributed by atoms with Gasteiger partial charge in [-0.15, -0.1) is 11.3 Å². The molecule has 0 unspecified atom stereocenters. The van der Waals surface area contributed by atoms with Crippen molar-refractivity contribution in [1.29, 1.82) is 0 Å². The van der Waals surface area contributed by atoms with E-state index in [2.05, 4.69) is 4.98 Å². The van der Waals surface area contributed by atoms with Gasteiger partial charge in [0.05, 0.1) is 12.3 Å². The summed E-state index contributed by atoms with van der Waals surface area (Å²) in [7, 11) is 0. The highest BCUT2D eigenvalue weighted by atomic mass is 32.1. The summed E-state index contributed by atoms with van der Waals surface area (Å²) in [5.74, 6) is -4.95. The van der Waals surface area contributed by atoms with E-state index < -0.39 is 23.7 Å².